The molecule has 1 aromatic carbocycles. The summed E-state index contributed by atoms with van der Waals surface area (Å²) in [6.45, 7) is 4.68. The Hall–Kier alpha value is -1.95. The molecule has 0 saturated carbocycles. The summed E-state index contributed by atoms with van der Waals surface area (Å²) in [7, 11) is 0. The zero-order valence-corrected chi connectivity index (χ0v) is 12.4. The van der Waals surface area contributed by atoms with Crippen LogP contribution in [0.5, 0.6) is 5.75 Å². The summed E-state index contributed by atoms with van der Waals surface area (Å²) >= 11 is 1.47. The maximum absolute atomic E-state index is 5.71. The first kappa shape index (κ1) is 14.5. The highest BCUT2D eigenvalue weighted by molar-refractivity contribution is 7.99. The third-order valence-corrected chi connectivity index (χ3v) is 3.34. The van der Waals surface area contributed by atoms with Gasteiger partial charge in [-0.15, -0.1) is 0 Å². The number of benzene rings is 1. The van der Waals surface area contributed by atoms with E-state index in [1.54, 1.807) is 0 Å². The van der Waals surface area contributed by atoms with Gasteiger partial charge in [-0.3, -0.25) is 0 Å². The van der Waals surface area contributed by atoms with Crippen molar-refractivity contribution in [3.05, 3.63) is 35.4 Å². The molecule has 0 atom stereocenters. The van der Waals surface area contributed by atoms with Crippen molar-refractivity contribution in [3.8, 4) is 5.75 Å². The van der Waals surface area contributed by atoms with E-state index in [0.29, 0.717) is 23.4 Å². The SMILES string of the molecule is Cc1cc(C)cc(OCCSc2nc(N)cc(N)n2)c1. The van der Waals surface area contributed by atoms with Gasteiger partial charge in [-0.2, -0.15) is 0 Å². The van der Waals surface area contributed by atoms with E-state index in [1.165, 1.54) is 29.0 Å². The number of nitrogens with zero attached hydrogens (tertiary/aromatic N) is 2. The van der Waals surface area contributed by atoms with E-state index in [0.717, 1.165) is 11.5 Å². The van der Waals surface area contributed by atoms with E-state index in [-0.39, 0.29) is 0 Å². The van der Waals surface area contributed by atoms with Crippen molar-refractivity contribution in [1.29, 1.82) is 0 Å². The van der Waals surface area contributed by atoms with E-state index in [4.69, 9.17) is 16.2 Å². The maximum atomic E-state index is 5.71. The topological polar surface area (TPSA) is 87.0 Å². The van der Waals surface area contributed by atoms with Crippen molar-refractivity contribution < 1.29 is 4.74 Å². The summed E-state index contributed by atoms with van der Waals surface area (Å²) in [6.07, 6.45) is 0. The molecule has 0 bridgehead atoms. The molecule has 0 spiro atoms. The van der Waals surface area contributed by atoms with Gasteiger partial charge in [-0.25, -0.2) is 9.97 Å². The molecule has 0 saturated heterocycles. The number of hydrogen-bond acceptors (Lipinski definition) is 6. The first-order valence-electron chi connectivity index (χ1n) is 6.27. The largest absolute Gasteiger partial charge is 0.493 e. The monoisotopic (exact) mass is 290 g/mol. The fourth-order valence-electron chi connectivity index (χ4n) is 1.84. The number of thioether (sulfide) groups is 1. The summed E-state index contributed by atoms with van der Waals surface area (Å²) < 4.78 is 5.71. The van der Waals surface area contributed by atoms with Crippen LogP contribution in [0.25, 0.3) is 0 Å². The predicted molar refractivity (Wildman–Crippen MR) is 83.0 cm³/mol. The smallest absolute Gasteiger partial charge is 0.191 e. The minimum Gasteiger partial charge on any atom is -0.493 e. The molecule has 20 heavy (non-hydrogen) atoms. The zero-order valence-electron chi connectivity index (χ0n) is 11.6. The molecule has 4 N–H and O–H groups in total. The molecule has 6 heteroatoms. The first-order chi connectivity index (χ1) is 9.52. The van der Waals surface area contributed by atoms with E-state index >= 15 is 0 Å². The van der Waals surface area contributed by atoms with Crippen LogP contribution >= 0.6 is 11.8 Å². The van der Waals surface area contributed by atoms with E-state index in [9.17, 15) is 0 Å². The van der Waals surface area contributed by atoms with Gasteiger partial charge in [0.15, 0.2) is 5.16 Å². The average Bonchev–Trinajstić information content (AvgIpc) is 2.32. The maximum Gasteiger partial charge on any atom is 0.191 e. The van der Waals surface area contributed by atoms with Crippen molar-refractivity contribution >= 4 is 23.4 Å². The van der Waals surface area contributed by atoms with E-state index < -0.39 is 0 Å². The van der Waals surface area contributed by atoms with Crippen LogP contribution in [0.15, 0.2) is 29.4 Å². The third kappa shape index (κ3) is 4.31. The van der Waals surface area contributed by atoms with Crippen LogP contribution in [0.1, 0.15) is 11.1 Å². The lowest BCUT2D eigenvalue weighted by Gasteiger charge is -2.08. The fraction of sp³-hybridized carbons (Fsp3) is 0.286. The van der Waals surface area contributed by atoms with Crippen molar-refractivity contribution in [2.24, 2.45) is 0 Å². The van der Waals surface area contributed by atoms with Crippen LogP contribution in [0.3, 0.4) is 0 Å². The summed E-state index contributed by atoms with van der Waals surface area (Å²) in [4.78, 5) is 8.20. The summed E-state index contributed by atoms with van der Waals surface area (Å²) in [5, 5.41) is 0.575. The average molecular weight is 290 g/mol. The second-order valence-electron chi connectivity index (χ2n) is 4.52. The van der Waals surface area contributed by atoms with Crippen LogP contribution in [0.2, 0.25) is 0 Å². The number of aromatic nitrogens is 2. The van der Waals surface area contributed by atoms with Crippen LogP contribution < -0.4 is 16.2 Å². The quantitative estimate of drug-likeness (QED) is 0.499. The number of anilines is 2. The van der Waals surface area contributed by atoms with Gasteiger partial charge in [0.05, 0.1) is 6.61 Å². The molecule has 0 aliphatic rings. The molecule has 0 aliphatic carbocycles. The molecule has 1 heterocycles. The van der Waals surface area contributed by atoms with Crippen LogP contribution in [-0.2, 0) is 0 Å². The Kier molecular flexibility index (Phi) is 4.68. The predicted octanol–water partition coefficient (Wildman–Crippen LogP) is 2.43. The minimum absolute atomic E-state index is 0.384. The van der Waals surface area contributed by atoms with Crippen LogP contribution in [-0.4, -0.2) is 22.3 Å². The first-order valence-corrected chi connectivity index (χ1v) is 7.25. The van der Waals surface area contributed by atoms with Crippen LogP contribution in [0.4, 0.5) is 11.6 Å². The van der Waals surface area contributed by atoms with Crippen molar-refractivity contribution in [2.45, 2.75) is 19.0 Å². The van der Waals surface area contributed by atoms with Gasteiger partial charge in [0.25, 0.3) is 0 Å². The Morgan fingerprint density at radius 2 is 1.60 bits per heavy atom. The molecule has 2 aromatic rings. The van der Waals surface area contributed by atoms with Gasteiger partial charge in [0.1, 0.15) is 17.4 Å². The zero-order chi connectivity index (χ0) is 14.5. The molecular formula is C14H18N4OS. The van der Waals surface area contributed by atoms with Gasteiger partial charge in [0, 0.05) is 11.8 Å². The Bertz CT molecular complexity index is 510. The lowest BCUT2D eigenvalue weighted by molar-refractivity contribution is 0.343. The van der Waals surface area contributed by atoms with Gasteiger partial charge < -0.3 is 16.2 Å². The number of ether oxygens (including phenoxy) is 1. The summed E-state index contributed by atoms with van der Waals surface area (Å²) in [6, 6.07) is 7.69. The Morgan fingerprint density at radius 1 is 1.00 bits per heavy atom. The molecule has 0 amide bonds. The lowest BCUT2D eigenvalue weighted by atomic mass is 10.1. The Labute approximate surface area is 122 Å². The third-order valence-electron chi connectivity index (χ3n) is 2.52. The molecule has 2 rings (SSSR count). The minimum atomic E-state index is 0.384. The number of nitrogens with two attached hydrogens (primary N) is 2. The highest BCUT2D eigenvalue weighted by Gasteiger charge is 2.02. The van der Waals surface area contributed by atoms with Gasteiger partial charge in [0.2, 0.25) is 0 Å². The highest BCUT2D eigenvalue weighted by atomic mass is 32.2. The second kappa shape index (κ2) is 6.47. The number of nitrogen functional groups attached to an aromatic ring is 2. The summed E-state index contributed by atoms with van der Waals surface area (Å²) in [5.74, 6) is 2.39. The normalized spacial score (nSPS) is 10.5. The van der Waals surface area contributed by atoms with Gasteiger partial charge in [-0.05, 0) is 37.1 Å². The van der Waals surface area contributed by atoms with Crippen molar-refractivity contribution in [3.63, 3.8) is 0 Å². The molecule has 5 nitrogen and oxygen atoms in total. The highest BCUT2D eigenvalue weighted by Crippen LogP contribution is 2.19. The second-order valence-corrected chi connectivity index (χ2v) is 5.58. The molecule has 0 aliphatic heterocycles. The Morgan fingerprint density at radius 3 is 2.20 bits per heavy atom. The molecule has 0 fully saturated rings. The molecule has 106 valence electrons. The van der Waals surface area contributed by atoms with Gasteiger partial charge >= 0.3 is 0 Å². The Balaban J connectivity index is 1.84. The van der Waals surface area contributed by atoms with Crippen LogP contribution in [0, 0.1) is 13.8 Å². The van der Waals surface area contributed by atoms with E-state index in [1.807, 2.05) is 12.1 Å². The van der Waals surface area contributed by atoms with Crippen molar-refractivity contribution in [1.82, 2.24) is 9.97 Å². The molecule has 0 radical (unpaired) electrons. The molecular weight excluding hydrogens is 272 g/mol. The standard InChI is InChI=1S/C14H18N4OS/c1-9-5-10(2)7-11(6-9)19-3-4-20-14-17-12(15)8-13(16)18-14/h5-8H,3-4H2,1-2H3,(H4,15,16,17,18). The number of hydrogen-bond donors (Lipinski definition) is 2. The van der Waals surface area contributed by atoms with E-state index in [2.05, 4.69) is 29.9 Å². The number of rotatable bonds is 5. The fourth-order valence-corrected chi connectivity index (χ4v) is 2.52. The van der Waals surface area contributed by atoms with Gasteiger partial charge in [-0.1, -0.05) is 17.8 Å². The molecule has 0 unspecified atom stereocenters. The molecule has 1 aromatic heterocycles. The lowest BCUT2D eigenvalue weighted by Crippen LogP contribution is -2.03. The summed E-state index contributed by atoms with van der Waals surface area (Å²) in [5.41, 5.74) is 13.6. The number of aryl methyl sites for hydroxylation is 2. The van der Waals surface area contributed by atoms with Crippen molar-refractivity contribution in [2.75, 3.05) is 23.8 Å².